The summed E-state index contributed by atoms with van der Waals surface area (Å²) in [6, 6.07) is 16.0. The predicted octanol–water partition coefficient (Wildman–Crippen LogP) is 3.81. The van der Waals surface area contributed by atoms with E-state index in [0.29, 0.717) is 37.4 Å². The van der Waals surface area contributed by atoms with Crippen LogP contribution >= 0.6 is 0 Å². The van der Waals surface area contributed by atoms with Crippen molar-refractivity contribution in [1.82, 2.24) is 4.90 Å². The lowest BCUT2D eigenvalue weighted by Gasteiger charge is -2.36. The Morgan fingerprint density at radius 1 is 1.00 bits per heavy atom. The Morgan fingerprint density at radius 2 is 1.66 bits per heavy atom. The van der Waals surface area contributed by atoms with Gasteiger partial charge in [0.05, 0.1) is 15.5 Å². The third-order valence-electron chi connectivity index (χ3n) is 5.85. The highest BCUT2D eigenvalue weighted by atomic mass is 32.2. The van der Waals surface area contributed by atoms with E-state index in [4.69, 9.17) is 0 Å². The molecule has 1 saturated heterocycles. The first-order valence-corrected chi connectivity index (χ1v) is 12.3. The molecule has 1 aliphatic heterocycles. The van der Waals surface area contributed by atoms with Crippen LogP contribution in [-0.2, 0) is 10.0 Å². The van der Waals surface area contributed by atoms with Crippen LogP contribution in [0.25, 0.3) is 0 Å². The van der Waals surface area contributed by atoms with Gasteiger partial charge in [0.1, 0.15) is 11.5 Å². The second kappa shape index (κ2) is 9.71. The lowest BCUT2D eigenvalue weighted by atomic mass is 10.1. The smallest absolute Gasteiger partial charge is 0.292 e. The monoisotopic (exact) mass is 498 g/mol. The summed E-state index contributed by atoms with van der Waals surface area (Å²) >= 11 is 0. The quantitative estimate of drug-likeness (QED) is 0.409. The molecule has 0 unspecified atom stereocenters. The van der Waals surface area contributed by atoms with Crippen LogP contribution in [0.15, 0.2) is 71.6 Å². The van der Waals surface area contributed by atoms with E-state index in [9.17, 15) is 27.7 Å². The topological polar surface area (TPSA) is 113 Å². The minimum atomic E-state index is -4.13. The van der Waals surface area contributed by atoms with Crippen molar-refractivity contribution in [3.8, 4) is 0 Å². The number of amides is 1. The Bertz CT molecular complexity index is 1390. The molecular formula is C24H23FN4O5S. The van der Waals surface area contributed by atoms with Gasteiger partial charge in [-0.2, -0.15) is 0 Å². The molecule has 1 aliphatic rings. The van der Waals surface area contributed by atoms with Gasteiger partial charge < -0.3 is 9.80 Å². The van der Waals surface area contributed by atoms with Crippen LogP contribution in [0.5, 0.6) is 0 Å². The Balaban J connectivity index is 1.51. The van der Waals surface area contributed by atoms with Crippen molar-refractivity contribution in [2.24, 2.45) is 0 Å². The summed E-state index contributed by atoms with van der Waals surface area (Å²) in [6.45, 7) is 3.12. The first-order valence-electron chi connectivity index (χ1n) is 10.8. The number of rotatable bonds is 6. The van der Waals surface area contributed by atoms with Crippen LogP contribution in [0.1, 0.15) is 15.9 Å². The molecule has 3 aromatic rings. The summed E-state index contributed by atoms with van der Waals surface area (Å²) in [5.74, 6) is -1.05. The van der Waals surface area contributed by atoms with Crippen molar-refractivity contribution in [3.63, 3.8) is 0 Å². The number of sulfonamides is 1. The molecule has 9 nitrogen and oxygen atoms in total. The predicted molar refractivity (Wildman–Crippen MR) is 130 cm³/mol. The summed E-state index contributed by atoms with van der Waals surface area (Å²) in [7, 11) is -4.13. The van der Waals surface area contributed by atoms with Gasteiger partial charge in [0.25, 0.3) is 21.6 Å². The van der Waals surface area contributed by atoms with Gasteiger partial charge in [0.15, 0.2) is 0 Å². The minimum Gasteiger partial charge on any atom is -0.362 e. The summed E-state index contributed by atoms with van der Waals surface area (Å²) in [4.78, 5) is 27.5. The zero-order chi connectivity index (χ0) is 25.2. The largest absolute Gasteiger partial charge is 0.362 e. The molecular weight excluding hydrogens is 475 g/mol. The van der Waals surface area contributed by atoms with Gasteiger partial charge in [0, 0.05) is 37.8 Å². The van der Waals surface area contributed by atoms with Gasteiger partial charge in [-0.15, -0.1) is 0 Å². The molecule has 4 rings (SSSR count). The first-order chi connectivity index (χ1) is 16.7. The number of benzene rings is 3. The number of nitro benzene ring substituents is 1. The fraction of sp³-hybridized carbons (Fsp3) is 0.208. The summed E-state index contributed by atoms with van der Waals surface area (Å²) in [5, 5.41) is 11.3. The number of carbonyl (C=O) groups excluding carboxylic acids is 1. The molecule has 0 spiro atoms. The average Bonchev–Trinajstić information content (AvgIpc) is 2.85. The number of nitro groups is 1. The fourth-order valence-electron chi connectivity index (χ4n) is 3.95. The minimum absolute atomic E-state index is 0.00313. The van der Waals surface area contributed by atoms with E-state index in [1.165, 1.54) is 42.5 Å². The molecule has 0 radical (unpaired) electrons. The zero-order valence-electron chi connectivity index (χ0n) is 18.8. The highest BCUT2D eigenvalue weighted by Crippen LogP contribution is 2.29. The fourth-order valence-corrected chi connectivity index (χ4v) is 5.05. The van der Waals surface area contributed by atoms with E-state index >= 15 is 0 Å². The maximum absolute atomic E-state index is 13.9. The number of aryl methyl sites for hydroxylation is 1. The summed E-state index contributed by atoms with van der Waals surface area (Å²) in [6.07, 6.45) is 0. The number of nitrogens with one attached hydrogen (secondary N) is 1. The van der Waals surface area contributed by atoms with Gasteiger partial charge in [-0.05, 0) is 42.8 Å². The van der Waals surface area contributed by atoms with Crippen LogP contribution in [0.4, 0.5) is 21.5 Å². The lowest BCUT2D eigenvalue weighted by molar-refractivity contribution is -0.384. The maximum atomic E-state index is 13.9. The molecule has 1 N–H and O–H groups in total. The molecule has 0 bridgehead atoms. The van der Waals surface area contributed by atoms with Crippen molar-refractivity contribution in [3.05, 3.63) is 93.8 Å². The Morgan fingerprint density at radius 3 is 2.34 bits per heavy atom. The van der Waals surface area contributed by atoms with Gasteiger partial charge in [-0.25, -0.2) is 12.8 Å². The number of hydrogen-bond donors (Lipinski definition) is 1. The number of anilines is 2. The van der Waals surface area contributed by atoms with Gasteiger partial charge in [-0.3, -0.25) is 19.6 Å². The van der Waals surface area contributed by atoms with Crippen molar-refractivity contribution in [2.75, 3.05) is 35.8 Å². The van der Waals surface area contributed by atoms with E-state index < -0.39 is 20.8 Å². The van der Waals surface area contributed by atoms with E-state index in [-0.39, 0.29) is 27.7 Å². The molecule has 1 fully saturated rings. The van der Waals surface area contributed by atoms with Crippen molar-refractivity contribution < 1.29 is 22.5 Å². The van der Waals surface area contributed by atoms with Gasteiger partial charge >= 0.3 is 0 Å². The van der Waals surface area contributed by atoms with E-state index in [1.54, 1.807) is 30.0 Å². The Kier molecular flexibility index (Phi) is 6.70. The Hall–Kier alpha value is -3.99. The standard InChI is InChI=1S/C24H23FN4O5S/c1-17-10-11-18(35(33,34)26-21-7-3-2-6-20(21)25)16-19(17)24(30)28-14-12-27(13-15-28)22-8-4-5-9-23(22)29(31)32/h2-11,16,26H,12-15H2,1H3. The highest BCUT2D eigenvalue weighted by Gasteiger charge is 2.27. The average molecular weight is 499 g/mol. The zero-order valence-corrected chi connectivity index (χ0v) is 19.7. The molecule has 0 atom stereocenters. The van der Waals surface area contributed by atoms with E-state index in [0.717, 1.165) is 6.07 Å². The second-order valence-electron chi connectivity index (χ2n) is 8.09. The van der Waals surface area contributed by atoms with Crippen LogP contribution in [0.2, 0.25) is 0 Å². The molecule has 1 heterocycles. The molecule has 11 heteroatoms. The van der Waals surface area contributed by atoms with Crippen LogP contribution < -0.4 is 9.62 Å². The molecule has 0 aromatic heterocycles. The molecule has 35 heavy (non-hydrogen) atoms. The van der Waals surface area contributed by atoms with Crippen LogP contribution in [0.3, 0.4) is 0 Å². The molecule has 0 saturated carbocycles. The van der Waals surface area contributed by atoms with Crippen LogP contribution in [0, 0.1) is 22.9 Å². The molecule has 1 amide bonds. The highest BCUT2D eigenvalue weighted by molar-refractivity contribution is 7.92. The maximum Gasteiger partial charge on any atom is 0.292 e. The number of para-hydroxylation sites is 3. The van der Waals surface area contributed by atoms with E-state index in [1.807, 2.05) is 4.90 Å². The molecule has 0 aliphatic carbocycles. The van der Waals surface area contributed by atoms with Gasteiger partial charge in [0.2, 0.25) is 0 Å². The number of nitrogens with zero attached hydrogens (tertiary/aromatic N) is 3. The van der Waals surface area contributed by atoms with Crippen molar-refractivity contribution in [1.29, 1.82) is 0 Å². The molecule has 182 valence electrons. The van der Waals surface area contributed by atoms with Crippen molar-refractivity contribution in [2.45, 2.75) is 11.8 Å². The first kappa shape index (κ1) is 24.1. The van der Waals surface area contributed by atoms with Crippen molar-refractivity contribution >= 4 is 33.0 Å². The number of piperazine rings is 1. The number of halogens is 1. The third-order valence-corrected chi connectivity index (χ3v) is 7.22. The SMILES string of the molecule is Cc1ccc(S(=O)(=O)Nc2ccccc2F)cc1C(=O)N1CCN(c2ccccc2[N+](=O)[O-])CC1. The lowest BCUT2D eigenvalue weighted by Crippen LogP contribution is -2.49. The summed E-state index contributed by atoms with van der Waals surface area (Å²) < 4.78 is 41.8. The third kappa shape index (κ3) is 5.09. The Labute approximate surface area is 202 Å². The summed E-state index contributed by atoms with van der Waals surface area (Å²) in [5.41, 5.74) is 1.13. The van der Waals surface area contributed by atoms with Gasteiger partial charge in [-0.1, -0.05) is 30.3 Å². The molecule has 3 aromatic carbocycles. The second-order valence-corrected chi connectivity index (χ2v) is 9.77. The normalized spacial score (nSPS) is 14.0. The number of hydrogen-bond acceptors (Lipinski definition) is 6. The van der Waals surface area contributed by atoms with E-state index in [2.05, 4.69) is 4.72 Å². The number of carbonyl (C=O) groups is 1. The van der Waals surface area contributed by atoms with Crippen LogP contribution in [-0.4, -0.2) is 50.3 Å².